The van der Waals surface area contributed by atoms with Crippen LogP contribution in [0.25, 0.3) is 0 Å². The molecule has 1 aromatic carbocycles. The minimum Gasteiger partial charge on any atom is -0.497 e. The van der Waals surface area contributed by atoms with E-state index < -0.39 is 10.0 Å². The van der Waals surface area contributed by atoms with Crippen LogP contribution in [0.15, 0.2) is 50.8 Å². The van der Waals surface area contributed by atoms with Gasteiger partial charge in [-0.15, -0.1) is 0 Å². The number of nitrogens with one attached hydrogen (secondary N) is 2. The molecule has 2 aromatic heterocycles. The summed E-state index contributed by atoms with van der Waals surface area (Å²) in [5.41, 5.74) is 2.24. The summed E-state index contributed by atoms with van der Waals surface area (Å²) in [6.07, 6.45) is 3.03. The zero-order chi connectivity index (χ0) is 27.0. The number of nitrogens with zero attached hydrogens (tertiary/aromatic N) is 3. The lowest BCUT2D eigenvalue weighted by Crippen LogP contribution is -2.33. The third kappa shape index (κ3) is 5.38. The van der Waals surface area contributed by atoms with Gasteiger partial charge in [-0.2, -0.15) is 0 Å². The average Bonchev–Trinajstić information content (AvgIpc) is 3.58. The van der Waals surface area contributed by atoms with Crippen molar-refractivity contribution in [1.82, 2.24) is 24.5 Å². The quantitative estimate of drug-likeness (QED) is 0.439. The number of pyridine rings is 1. The van der Waals surface area contributed by atoms with Gasteiger partial charge < -0.3 is 19.0 Å². The van der Waals surface area contributed by atoms with Crippen LogP contribution in [-0.2, 0) is 23.1 Å². The average molecular weight is 542 g/mol. The van der Waals surface area contributed by atoms with Crippen LogP contribution in [-0.4, -0.2) is 67.4 Å². The number of oxazole rings is 1. The Bertz CT molecular complexity index is 1460. The van der Waals surface area contributed by atoms with Gasteiger partial charge in [0.1, 0.15) is 12.0 Å². The number of amides is 1. The monoisotopic (exact) mass is 541 g/mol. The van der Waals surface area contributed by atoms with Gasteiger partial charge in [-0.3, -0.25) is 14.5 Å². The molecule has 11 nitrogen and oxygen atoms in total. The van der Waals surface area contributed by atoms with Crippen molar-refractivity contribution < 1.29 is 22.4 Å². The number of aromatic nitrogens is 2. The van der Waals surface area contributed by atoms with Gasteiger partial charge in [-0.25, -0.2) is 18.1 Å². The van der Waals surface area contributed by atoms with Crippen molar-refractivity contribution in [1.29, 1.82) is 0 Å². The normalized spacial score (nSPS) is 19.6. The van der Waals surface area contributed by atoms with Gasteiger partial charge in [0.2, 0.25) is 21.5 Å². The molecule has 5 rings (SSSR count). The van der Waals surface area contributed by atoms with Gasteiger partial charge in [0, 0.05) is 45.0 Å². The maximum atomic E-state index is 13.1. The highest BCUT2D eigenvalue weighted by atomic mass is 32.2. The SMILES string of the molecule is COc1cc(C)c(S(=O)(=O)NCc2nc(C(=O)N3CC4CN(Cc5ccc(=O)[nH]c5)CC4C3)co2)c(C)c1. The van der Waals surface area contributed by atoms with E-state index in [4.69, 9.17) is 9.15 Å². The Hall–Kier alpha value is -3.48. The van der Waals surface area contributed by atoms with Crippen molar-refractivity contribution in [2.45, 2.75) is 31.8 Å². The highest BCUT2D eigenvalue weighted by Crippen LogP contribution is 2.32. The van der Waals surface area contributed by atoms with Crippen LogP contribution < -0.4 is 15.0 Å². The molecule has 2 aliphatic rings. The number of carbonyl (C=O) groups is 1. The summed E-state index contributed by atoms with van der Waals surface area (Å²) in [5.74, 6) is 1.23. The molecule has 12 heteroatoms. The second kappa shape index (κ2) is 10.4. The molecule has 0 radical (unpaired) electrons. The van der Waals surface area contributed by atoms with E-state index in [0.717, 1.165) is 25.2 Å². The number of fused-ring (bicyclic) bond motifs is 1. The number of carbonyl (C=O) groups excluding carboxylic acids is 1. The summed E-state index contributed by atoms with van der Waals surface area (Å²) in [6, 6.07) is 6.70. The van der Waals surface area contributed by atoms with Gasteiger partial charge in [0.15, 0.2) is 5.69 Å². The summed E-state index contributed by atoms with van der Waals surface area (Å²) in [6.45, 7) is 7.03. The molecule has 3 aromatic rings. The second-order valence-corrected chi connectivity index (χ2v) is 11.7. The molecular formula is C26H31N5O6S. The second-order valence-electron chi connectivity index (χ2n) is 10.0. The van der Waals surface area contributed by atoms with Crippen molar-refractivity contribution in [3.8, 4) is 5.75 Å². The Labute approximate surface area is 220 Å². The third-order valence-corrected chi connectivity index (χ3v) is 8.93. The Morgan fingerprint density at radius 2 is 1.84 bits per heavy atom. The fourth-order valence-corrected chi connectivity index (χ4v) is 6.94. The standard InChI is InChI=1S/C26H31N5O6S/c1-16-6-21(36-3)7-17(2)25(16)38(34,35)28-9-24-29-22(15-37-24)26(33)31-13-19-11-30(12-20(19)14-31)10-18-4-5-23(32)27-8-18/h4-8,15,19-20,28H,9-14H2,1-3H3,(H,27,32). The molecule has 2 fully saturated rings. The Morgan fingerprint density at radius 3 is 2.45 bits per heavy atom. The third-order valence-electron chi connectivity index (χ3n) is 7.23. The van der Waals surface area contributed by atoms with E-state index in [1.807, 2.05) is 6.07 Å². The van der Waals surface area contributed by atoms with Crippen LogP contribution >= 0.6 is 0 Å². The number of hydrogen-bond acceptors (Lipinski definition) is 8. The molecule has 1 amide bonds. The number of aromatic amines is 1. The lowest BCUT2D eigenvalue weighted by atomic mass is 10.0. The molecule has 2 atom stereocenters. The first-order chi connectivity index (χ1) is 18.1. The molecule has 2 N–H and O–H groups in total. The van der Waals surface area contributed by atoms with E-state index in [9.17, 15) is 18.0 Å². The number of rotatable bonds is 8. The molecule has 0 spiro atoms. The van der Waals surface area contributed by atoms with E-state index in [2.05, 4.69) is 19.6 Å². The summed E-state index contributed by atoms with van der Waals surface area (Å²) in [4.78, 5) is 35.6. The van der Waals surface area contributed by atoms with Gasteiger partial charge >= 0.3 is 0 Å². The minimum absolute atomic E-state index is 0.114. The van der Waals surface area contributed by atoms with Gasteiger partial charge in [-0.1, -0.05) is 6.07 Å². The number of H-pyrrole nitrogens is 1. The van der Waals surface area contributed by atoms with E-state index in [1.54, 1.807) is 37.1 Å². The van der Waals surface area contributed by atoms with Crippen molar-refractivity contribution in [2.75, 3.05) is 33.3 Å². The van der Waals surface area contributed by atoms with Gasteiger partial charge in [0.25, 0.3) is 5.91 Å². The smallest absolute Gasteiger partial charge is 0.275 e. The first-order valence-corrected chi connectivity index (χ1v) is 13.9. The van der Waals surface area contributed by atoms with Crippen LogP contribution in [0, 0.1) is 25.7 Å². The van der Waals surface area contributed by atoms with Crippen LogP contribution in [0.3, 0.4) is 0 Å². The van der Waals surface area contributed by atoms with E-state index in [1.165, 1.54) is 19.4 Å². The van der Waals surface area contributed by atoms with Crippen molar-refractivity contribution in [2.24, 2.45) is 11.8 Å². The van der Waals surface area contributed by atoms with Crippen LogP contribution in [0.2, 0.25) is 0 Å². The first-order valence-electron chi connectivity index (χ1n) is 12.4. The van der Waals surface area contributed by atoms with Crippen LogP contribution in [0.1, 0.15) is 33.1 Å². The topological polar surface area (TPSA) is 138 Å². The molecule has 0 aliphatic carbocycles. The number of hydrogen-bond donors (Lipinski definition) is 2. The van der Waals surface area contributed by atoms with Crippen molar-refractivity contribution in [3.05, 3.63) is 75.4 Å². The van der Waals surface area contributed by atoms with E-state index >= 15 is 0 Å². The maximum absolute atomic E-state index is 13.1. The molecule has 38 heavy (non-hydrogen) atoms. The zero-order valence-corrected chi connectivity index (χ0v) is 22.4. The fourth-order valence-electron chi connectivity index (χ4n) is 5.52. The van der Waals surface area contributed by atoms with E-state index in [-0.39, 0.29) is 34.5 Å². The van der Waals surface area contributed by atoms with Crippen LogP contribution in [0.5, 0.6) is 5.75 Å². The maximum Gasteiger partial charge on any atom is 0.275 e. The van der Waals surface area contributed by atoms with Crippen LogP contribution in [0.4, 0.5) is 0 Å². The van der Waals surface area contributed by atoms with E-state index in [0.29, 0.717) is 41.8 Å². The van der Waals surface area contributed by atoms with Crippen molar-refractivity contribution in [3.63, 3.8) is 0 Å². The number of likely N-dealkylation sites (tertiary alicyclic amines) is 2. The first kappa shape index (κ1) is 26.1. The Balaban J connectivity index is 1.16. The lowest BCUT2D eigenvalue weighted by Gasteiger charge is -2.21. The molecular weight excluding hydrogens is 510 g/mol. The Morgan fingerprint density at radius 1 is 1.16 bits per heavy atom. The molecule has 202 valence electrons. The number of methoxy groups -OCH3 is 1. The molecule has 4 heterocycles. The molecule has 0 saturated carbocycles. The van der Waals surface area contributed by atoms with Gasteiger partial charge in [0.05, 0.1) is 18.6 Å². The largest absolute Gasteiger partial charge is 0.497 e. The minimum atomic E-state index is -3.83. The number of benzene rings is 1. The Kier molecular flexibility index (Phi) is 7.12. The fraction of sp³-hybridized carbons (Fsp3) is 0.423. The summed E-state index contributed by atoms with van der Waals surface area (Å²) in [7, 11) is -2.30. The number of sulfonamides is 1. The molecule has 2 saturated heterocycles. The molecule has 0 bridgehead atoms. The number of ether oxygens (including phenoxy) is 1. The summed E-state index contributed by atoms with van der Waals surface area (Å²) < 4.78 is 39.0. The summed E-state index contributed by atoms with van der Waals surface area (Å²) >= 11 is 0. The lowest BCUT2D eigenvalue weighted by molar-refractivity contribution is 0.0767. The highest BCUT2D eigenvalue weighted by Gasteiger charge is 2.42. The predicted octanol–water partition coefficient (Wildman–Crippen LogP) is 1.67. The highest BCUT2D eigenvalue weighted by molar-refractivity contribution is 7.89. The van der Waals surface area contributed by atoms with Gasteiger partial charge in [-0.05, 0) is 54.5 Å². The molecule has 2 unspecified atom stereocenters. The summed E-state index contributed by atoms with van der Waals surface area (Å²) in [5, 5.41) is 0. The van der Waals surface area contributed by atoms with Crippen molar-refractivity contribution >= 4 is 15.9 Å². The zero-order valence-electron chi connectivity index (χ0n) is 21.6. The predicted molar refractivity (Wildman–Crippen MR) is 138 cm³/mol. The number of aryl methyl sites for hydroxylation is 2. The molecule has 2 aliphatic heterocycles.